The van der Waals surface area contributed by atoms with Crippen molar-refractivity contribution in [2.24, 2.45) is 0 Å². The Kier molecular flexibility index (Phi) is 5.00. The van der Waals surface area contributed by atoms with Crippen molar-refractivity contribution in [3.8, 4) is 0 Å². The van der Waals surface area contributed by atoms with Gasteiger partial charge in [-0.15, -0.1) is 12.6 Å². The highest BCUT2D eigenvalue weighted by atomic mass is 32.1. The van der Waals surface area contributed by atoms with Crippen LogP contribution in [0.1, 0.15) is 26.2 Å². The van der Waals surface area contributed by atoms with Crippen LogP contribution in [0.5, 0.6) is 0 Å². The van der Waals surface area contributed by atoms with Gasteiger partial charge in [-0.3, -0.25) is 4.79 Å². The number of carbonyl (C=O) groups excluding carboxylic acids is 1. The number of hydrogen-bond acceptors (Lipinski definition) is 2. The number of carbonyl (C=O) groups is 1. The monoisotopic (exact) mass is 162 g/mol. The molecule has 0 N–H and O–H groups in total. The van der Waals surface area contributed by atoms with Gasteiger partial charge in [0.2, 0.25) is 0 Å². The third-order valence-electron chi connectivity index (χ3n) is 0.877. The van der Waals surface area contributed by atoms with E-state index in [0.29, 0.717) is 6.42 Å². The third-order valence-corrected chi connectivity index (χ3v) is 1.38. The normalized spacial score (nSPS) is 9.11. The molecule has 0 unspecified atom stereocenters. The maximum absolute atomic E-state index is 10.3. The average Bonchev–Trinajstić information content (AvgIpc) is 1.63. The van der Waals surface area contributed by atoms with Crippen molar-refractivity contribution >= 4 is 34.8 Å². The molecule has 0 rings (SSSR count). The van der Waals surface area contributed by atoms with Gasteiger partial charge in [-0.25, -0.2) is 0 Å². The predicted octanol–water partition coefficient (Wildman–Crippen LogP) is 2.00. The van der Waals surface area contributed by atoms with Crippen molar-refractivity contribution in [3.63, 3.8) is 0 Å². The Balaban J connectivity index is 3.39. The molecule has 0 spiro atoms. The van der Waals surface area contributed by atoms with Crippen LogP contribution in [-0.2, 0) is 4.79 Å². The third kappa shape index (κ3) is 5.99. The number of thiocarbonyl (C=S) groups is 1. The van der Waals surface area contributed by atoms with Crippen molar-refractivity contribution in [1.82, 2.24) is 0 Å². The summed E-state index contributed by atoms with van der Waals surface area (Å²) >= 11 is 8.46. The summed E-state index contributed by atoms with van der Waals surface area (Å²) in [6.45, 7) is 2.04. The fourth-order valence-corrected chi connectivity index (χ4v) is 1.17. The summed E-state index contributed by atoms with van der Waals surface area (Å²) in [5, 5.41) is -0.131. The number of rotatable bonds is 4. The SMILES string of the molecule is CCCC(=S)CC(=O)S. The van der Waals surface area contributed by atoms with Crippen LogP contribution in [0, 0.1) is 0 Å². The molecule has 0 atom stereocenters. The summed E-state index contributed by atoms with van der Waals surface area (Å²) in [7, 11) is 0. The summed E-state index contributed by atoms with van der Waals surface area (Å²) in [6.07, 6.45) is 2.23. The highest BCUT2D eigenvalue weighted by Gasteiger charge is 1.98. The van der Waals surface area contributed by atoms with Gasteiger partial charge in [0.25, 0.3) is 0 Å². The minimum atomic E-state index is -0.131. The van der Waals surface area contributed by atoms with Crippen LogP contribution in [-0.4, -0.2) is 9.98 Å². The van der Waals surface area contributed by atoms with E-state index >= 15 is 0 Å². The lowest BCUT2D eigenvalue weighted by molar-refractivity contribution is -0.109. The molecular formula is C6H10OS2. The first-order valence-electron chi connectivity index (χ1n) is 2.90. The largest absolute Gasteiger partial charge is 0.287 e. The van der Waals surface area contributed by atoms with Gasteiger partial charge in [-0.2, -0.15) is 0 Å². The zero-order valence-corrected chi connectivity index (χ0v) is 7.10. The van der Waals surface area contributed by atoms with Gasteiger partial charge in [-0.05, 0) is 6.42 Å². The second-order valence-corrected chi connectivity index (χ2v) is 2.94. The standard InChI is InChI=1S/C6H10OS2/c1-2-3-5(8)4-6(7)9/h2-4H2,1H3,(H,7,9). The van der Waals surface area contributed by atoms with Crippen LogP contribution in [0.3, 0.4) is 0 Å². The summed E-state index contributed by atoms with van der Waals surface area (Å²) in [5.74, 6) is 0. The van der Waals surface area contributed by atoms with E-state index in [2.05, 4.69) is 12.6 Å². The van der Waals surface area contributed by atoms with E-state index in [1.807, 2.05) is 6.92 Å². The van der Waals surface area contributed by atoms with E-state index in [0.717, 1.165) is 17.7 Å². The van der Waals surface area contributed by atoms with Gasteiger partial charge in [0.05, 0.1) is 0 Å². The Morgan fingerprint density at radius 2 is 2.22 bits per heavy atom. The van der Waals surface area contributed by atoms with E-state index < -0.39 is 0 Å². The molecule has 0 saturated heterocycles. The van der Waals surface area contributed by atoms with E-state index in [9.17, 15) is 4.79 Å². The van der Waals surface area contributed by atoms with E-state index in [1.165, 1.54) is 0 Å². The highest BCUT2D eigenvalue weighted by molar-refractivity contribution is 7.96. The first-order chi connectivity index (χ1) is 4.16. The zero-order valence-electron chi connectivity index (χ0n) is 5.39. The van der Waals surface area contributed by atoms with Crippen LogP contribution >= 0.6 is 24.8 Å². The zero-order chi connectivity index (χ0) is 7.28. The maximum atomic E-state index is 10.3. The van der Waals surface area contributed by atoms with Crippen molar-refractivity contribution in [1.29, 1.82) is 0 Å². The maximum Gasteiger partial charge on any atom is 0.190 e. The molecule has 0 aromatic carbocycles. The van der Waals surface area contributed by atoms with Gasteiger partial charge in [0, 0.05) is 11.3 Å². The molecule has 0 heterocycles. The molecule has 52 valence electrons. The molecule has 0 amide bonds. The number of hydrogen-bond donors (Lipinski definition) is 1. The molecule has 3 heteroatoms. The van der Waals surface area contributed by atoms with Crippen molar-refractivity contribution < 1.29 is 4.79 Å². The molecule has 0 aromatic heterocycles. The van der Waals surface area contributed by atoms with Crippen LogP contribution in [0.25, 0.3) is 0 Å². The Morgan fingerprint density at radius 1 is 1.67 bits per heavy atom. The Morgan fingerprint density at radius 3 is 2.56 bits per heavy atom. The van der Waals surface area contributed by atoms with Gasteiger partial charge in [0.1, 0.15) is 0 Å². The summed E-state index contributed by atoms with van der Waals surface area (Å²) < 4.78 is 0. The van der Waals surface area contributed by atoms with Crippen LogP contribution < -0.4 is 0 Å². The Bertz CT molecular complexity index is 120. The van der Waals surface area contributed by atoms with Crippen molar-refractivity contribution in [2.75, 3.05) is 0 Å². The second-order valence-electron chi connectivity index (χ2n) is 1.86. The summed E-state index contributed by atoms with van der Waals surface area (Å²) in [6, 6.07) is 0. The van der Waals surface area contributed by atoms with Gasteiger partial charge in [-0.1, -0.05) is 25.6 Å². The molecule has 0 aliphatic rings. The second kappa shape index (κ2) is 4.94. The average molecular weight is 162 g/mol. The lowest BCUT2D eigenvalue weighted by Gasteiger charge is -1.94. The molecule has 0 saturated carbocycles. The predicted molar refractivity (Wildman–Crippen MR) is 46.1 cm³/mol. The van der Waals surface area contributed by atoms with Gasteiger partial charge in [0.15, 0.2) is 5.12 Å². The quantitative estimate of drug-likeness (QED) is 0.503. The Hall–Kier alpha value is 0.110. The van der Waals surface area contributed by atoms with Crippen LogP contribution in [0.4, 0.5) is 0 Å². The summed E-state index contributed by atoms with van der Waals surface area (Å²) in [5.41, 5.74) is 0. The molecule has 0 radical (unpaired) electrons. The molecule has 0 bridgehead atoms. The van der Waals surface area contributed by atoms with E-state index in [-0.39, 0.29) is 5.12 Å². The molecule has 0 aliphatic heterocycles. The summed E-state index contributed by atoms with van der Waals surface area (Å²) in [4.78, 5) is 11.1. The van der Waals surface area contributed by atoms with E-state index in [4.69, 9.17) is 12.2 Å². The molecule has 9 heavy (non-hydrogen) atoms. The first-order valence-corrected chi connectivity index (χ1v) is 3.76. The first kappa shape index (κ1) is 9.11. The minimum absolute atomic E-state index is 0.131. The number of thiol groups is 1. The van der Waals surface area contributed by atoms with Crippen molar-refractivity contribution in [2.45, 2.75) is 26.2 Å². The fraction of sp³-hybridized carbons (Fsp3) is 0.667. The van der Waals surface area contributed by atoms with E-state index in [1.54, 1.807) is 0 Å². The van der Waals surface area contributed by atoms with Crippen LogP contribution in [0.2, 0.25) is 0 Å². The van der Waals surface area contributed by atoms with Gasteiger partial charge < -0.3 is 0 Å². The topological polar surface area (TPSA) is 17.1 Å². The molecule has 1 nitrogen and oxygen atoms in total. The van der Waals surface area contributed by atoms with Gasteiger partial charge >= 0.3 is 0 Å². The lowest BCUT2D eigenvalue weighted by Crippen LogP contribution is -1.98. The smallest absolute Gasteiger partial charge is 0.190 e. The van der Waals surface area contributed by atoms with Crippen molar-refractivity contribution in [3.05, 3.63) is 0 Å². The molecule has 0 aromatic rings. The molecule has 0 aliphatic carbocycles. The van der Waals surface area contributed by atoms with Crippen LogP contribution in [0.15, 0.2) is 0 Å². The molecular weight excluding hydrogens is 152 g/mol. The highest BCUT2D eigenvalue weighted by Crippen LogP contribution is 1.99. The fourth-order valence-electron chi connectivity index (χ4n) is 0.536. The molecule has 0 fully saturated rings. The lowest BCUT2D eigenvalue weighted by atomic mass is 10.2. The Labute approximate surface area is 66.2 Å². The minimum Gasteiger partial charge on any atom is -0.287 e.